The Morgan fingerprint density at radius 3 is 0.780 bits per heavy atom. The molecule has 0 radical (unpaired) electrons. The largest absolute Gasteiger partial charge is 0.299 e. The Labute approximate surface area is 259 Å². The van der Waals surface area contributed by atoms with E-state index in [1.165, 1.54) is 141 Å². The van der Waals surface area contributed by atoms with Gasteiger partial charge in [0.25, 0.3) is 0 Å². The van der Waals surface area contributed by atoms with Crippen molar-refractivity contribution in [1.29, 1.82) is 0 Å². The van der Waals surface area contributed by atoms with Gasteiger partial charge in [0.2, 0.25) is 0 Å². The standard InChI is InChI=1S/C39H76O2/c1-35(2)31-27-23-19-15-11-7-9-13-17-21-25-29-33-37(40)39(5,6)38(41)34-30-26-22-18-14-10-8-12-16-20-24-28-32-36(3)4/h35-36H,7-34H2,1-6H3. The van der Waals surface area contributed by atoms with Crippen LogP contribution < -0.4 is 0 Å². The van der Waals surface area contributed by atoms with Gasteiger partial charge in [0.15, 0.2) is 0 Å². The van der Waals surface area contributed by atoms with E-state index < -0.39 is 5.41 Å². The molecule has 0 aliphatic rings. The monoisotopic (exact) mass is 577 g/mol. The summed E-state index contributed by atoms with van der Waals surface area (Å²) in [6.07, 6.45) is 35.4. The van der Waals surface area contributed by atoms with Crippen molar-refractivity contribution >= 4 is 11.6 Å². The molecule has 2 heteroatoms. The van der Waals surface area contributed by atoms with Crippen molar-refractivity contribution in [2.75, 3.05) is 0 Å². The van der Waals surface area contributed by atoms with Crippen LogP contribution in [-0.4, -0.2) is 11.6 Å². The van der Waals surface area contributed by atoms with Gasteiger partial charge in [-0.05, 0) is 38.5 Å². The number of ketones is 2. The Bertz CT molecular complexity index is 538. The van der Waals surface area contributed by atoms with Gasteiger partial charge >= 0.3 is 0 Å². The first-order valence-electron chi connectivity index (χ1n) is 18.7. The summed E-state index contributed by atoms with van der Waals surface area (Å²) in [4.78, 5) is 25.6. The van der Waals surface area contributed by atoms with Crippen LogP contribution in [0, 0.1) is 17.3 Å². The zero-order valence-electron chi connectivity index (χ0n) is 29.3. The molecule has 0 unspecified atom stereocenters. The predicted molar refractivity (Wildman–Crippen MR) is 183 cm³/mol. The summed E-state index contributed by atoms with van der Waals surface area (Å²) in [6, 6.07) is 0. The Hall–Kier alpha value is -0.660. The van der Waals surface area contributed by atoms with Crippen molar-refractivity contribution < 1.29 is 9.59 Å². The molecule has 0 aliphatic heterocycles. The number of carbonyl (C=O) groups excluding carboxylic acids is 2. The van der Waals surface area contributed by atoms with Gasteiger partial charge < -0.3 is 0 Å². The fourth-order valence-corrected chi connectivity index (χ4v) is 5.99. The summed E-state index contributed by atoms with van der Waals surface area (Å²) >= 11 is 0. The molecule has 0 aromatic rings. The van der Waals surface area contributed by atoms with E-state index in [1.807, 2.05) is 13.8 Å². The molecule has 0 atom stereocenters. The molecular formula is C39H76O2. The van der Waals surface area contributed by atoms with Crippen LogP contribution >= 0.6 is 0 Å². The number of Topliss-reactive ketones (excluding diaryl/α,β-unsaturated/α-hetero) is 2. The first-order valence-corrected chi connectivity index (χ1v) is 18.7. The molecule has 0 saturated carbocycles. The lowest BCUT2D eigenvalue weighted by molar-refractivity contribution is -0.138. The molecule has 0 aromatic heterocycles. The van der Waals surface area contributed by atoms with Gasteiger partial charge in [-0.2, -0.15) is 0 Å². The molecule has 0 N–H and O–H groups in total. The summed E-state index contributed by atoms with van der Waals surface area (Å²) < 4.78 is 0. The van der Waals surface area contributed by atoms with Crippen LogP contribution in [-0.2, 0) is 9.59 Å². The highest BCUT2D eigenvalue weighted by Gasteiger charge is 2.33. The minimum absolute atomic E-state index is 0.163. The van der Waals surface area contributed by atoms with Crippen molar-refractivity contribution in [3.63, 3.8) is 0 Å². The van der Waals surface area contributed by atoms with Gasteiger partial charge in [-0.25, -0.2) is 0 Å². The third kappa shape index (κ3) is 26.7. The van der Waals surface area contributed by atoms with Gasteiger partial charge in [0.05, 0.1) is 5.41 Å². The Balaban J connectivity index is 3.57. The molecule has 0 heterocycles. The number of hydrogen-bond acceptors (Lipinski definition) is 2. The normalized spacial score (nSPS) is 12.1. The van der Waals surface area contributed by atoms with Crippen LogP contribution in [0.5, 0.6) is 0 Å². The molecule has 244 valence electrons. The SMILES string of the molecule is CC(C)CCCCCCCCCCCCCCC(=O)C(C)(C)C(=O)CCCCCCCCCCCCCCC(C)C. The summed E-state index contributed by atoms with van der Waals surface area (Å²) in [6.45, 7) is 13.0. The van der Waals surface area contributed by atoms with E-state index in [4.69, 9.17) is 0 Å². The van der Waals surface area contributed by atoms with Crippen molar-refractivity contribution in [2.24, 2.45) is 17.3 Å². The fourth-order valence-electron chi connectivity index (χ4n) is 5.99. The summed E-state index contributed by atoms with van der Waals surface area (Å²) in [7, 11) is 0. The molecule has 0 fully saturated rings. The smallest absolute Gasteiger partial charge is 0.145 e. The third-order valence-corrected chi connectivity index (χ3v) is 9.26. The van der Waals surface area contributed by atoms with Gasteiger partial charge in [0.1, 0.15) is 11.6 Å². The van der Waals surface area contributed by atoms with E-state index in [0.717, 1.165) is 37.5 Å². The molecule has 0 aliphatic carbocycles. The molecule has 0 amide bonds. The summed E-state index contributed by atoms with van der Waals surface area (Å²) in [5.74, 6) is 2.04. The van der Waals surface area contributed by atoms with Crippen molar-refractivity contribution in [3.05, 3.63) is 0 Å². The van der Waals surface area contributed by atoms with E-state index in [1.54, 1.807) is 0 Å². The fraction of sp³-hybridized carbons (Fsp3) is 0.949. The number of unbranched alkanes of at least 4 members (excludes halogenated alkanes) is 22. The minimum atomic E-state index is -0.788. The highest BCUT2D eigenvalue weighted by molar-refractivity contribution is 6.06. The lowest BCUT2D eigenvalue weighted by atomic mass is 9.79. The first kappa shape index (κ1) is 40.3. The lowest BCUT2D eigenvalue weighted by Crippen LogP contribution is -2.33. The zero-order chi connectivity index (χ0) is 30.6. The Morgan fingerprint density at radius 1 is 0.366 bits per heavy atom. The Morgan fingerprint density at radius 2 is 0.561 bits per heavy atom. The highest BCUT2D eigenvalue weighted by Crippen LogP contribution is 2.25. The maximum absolute atomic E-state index is 12.8. The topological polar surface area (TPSA) is 34.1 Å². The molecule has 0 rings (SSSR count). The van der Waals surface area contributed by atoms with Gasteiger partial charge in [0, 0.05) is 12.8 Å². The first-order chi connectivity index (χ1) is 19.7. The predicted octanol–water partition coefficient (Wildman–Crippen LogP) is 13.4. The molecule has 41 heavy (non-hydrogen) atoms. The maximum Gasteiger partial charge on any atom is 0.145 e. The zero-order valence-corrected chi connectivity index (χ0v) is 29.3. The average molecular weight is 577 g/mol. The van der Waals surface area contributed by atoms with Crippen LogP contribution in [0.4, 0.5) is 0 Å². The second kappa shape index (κ2) is 28.1. The molecular weight excluding hydrogens is 500 g/mol. The third-order valence-electron chi connectivity index (χ3n) is 9.26. The van der Waals surface area contributed by atoms with Gasteiger partial charge in [-0.1, -0.05) is 182 Å². The van der Waals surface area contributed by atoms with Crippen LogP contribution in [0.2, 0.25) is 0 Å². The van der Waals surface area contributed by atoms with E-state index in [9.17, 15) is 9.59 Å². The highest BCUT2D eigenvalue weighted by atomic mass is 16.2. The van der Waals surface area contributed by atoms with Crippen molar-refractivity contribution in [2.45, 2.75) is 221 Å². The van der Waals surface area contributed by atoms with E-state index in [-0.39, 0.29) is 11.6 Å². The van der Waals surface area contributed by atoms with E-state index in [2.05, 4.69) is 27.7 Å². The molecule has 0 bridgehead atoms. The molecule has 0 saturated heterocycles. The van der Waals surface area contributed by atoms with Gasteiger partial charge in [-0.3, -0.25) is 9.59 Å². The van der Waals surface area contributed by atoms with E-state index >= 15 is 0 Å². The van der Waals surface area contributed by atoms with Crippen LogP contribution in [0.3, 0.4) is 0 Å². The maximum atomic E-state index is 12.8. The van der Waals surface area contributed by atoms with Gasteiger partial charge in [-0.15, -0.1) is 0 Å². The van der Waals surface area contributed by atoms with Crippen LogP contribution in [0.1, 0.15) is 221 Å². The van der Waals surface area contributed by atoms with Crippen LogP contribution in [0.15, 0.2) is 0 Å². The molecule has 0 aromatic carbocycles. The number of carbonyl (C=O) groups is 2. The summed E-state index contributed by atoms with van der Waals surface area (Å²) in [5.41, 5.74) is -0.788. The average Bonchev–Trinajstić information content (AvgIpc) is 2.92. The number of rotatable bonds is 32. The quantitative estimate of drug-likeness (QED) is 0.0589. The van der Waals surface area contributed by atoms with Crippen molar-refractivity contribution in [1.82, 2.24) is 0 Å². The minimum Gasteiger partial charge on any atom is -0.299 e. The Kier molecular flexibility index (Phi) is 27.7. The summed E-state index contributed by atoms with van der Waals surface area (Å²) in [5, 5.41) is 0. The van der Waals surface area contributed by atoms with Crippen molar-refractivity contribution in [3.8, 4) is 0 Å². The van der Waals surface area contributed by atoms with E-state index in [0.29, 0.717) is 12.8 Å². The number of hydrogen-bond donors (Lipinski definition) is 0. The molecule has 2 nitrogen and oxygen atoms in total. The second-order valence-corrected chi connectivity index (χ2v) is 14.8. The molecule has 0 spiro atoms. The van der Waals surface area contributed by atoms with Crippen LogP contribution in [0.25, 0.3) is 0 Å². The lowest BCUT2D eigenvalue weighted by Gasteiger charge is -2.21. The second-order valence-electron chi connectivity index (χ2n) is 14.8.